The number of rotatable bonds is 3. The van der Waals surface area contributed by atoms with Crippen molar-refractivity contribution in [2.24, 2.45) is 0 Å². The first kappa shape index (κ1) is 15.3. The van der Waals surface area contributed by atoms with E-state index >= 15 is 0 Å². The SMILES string of the molecule is C=CCc1cc(-c2cc[c-]cc2)cc(C)c1C.[U]. The minimum atomic E-state index is 0. The number of benzene rings is 2. The summed E-state index contributed by atoms with van der Waals surface area (Å²) in [6, 6.07) is 15.7. The van der Waals surface area contributed by atoms with Gasteiger partial charge in [0.05, 0.1) is 0 Å². The molecule has 0 aliphatic carbocycles. The first-order chi connectivity index (χ1) is 8.22. The summed E-state index contributed by atoms with van der Waals surface area (Å²) in [6.45, 7) is 8.17. The molecule has 0 spiro atoms. The molecule has 0 heterocycles. The molecule has 0 nitrogen and oxygen atoms in total. The van der Waals surface area contributed by atoms with E-state index in [1.54, 1.807) is 0 Å². The number of aryl methyl sites for hydroxylation is 1. The minimum absolute atomic E-state index is 0. The van der Waals surface area contributed by atoms with Crippen LogP contribution in [-0.4, -0.2) is 0 Å². The Balaban J connectivity index is 0.00000162. The fourth-order valence-electron chi connectivity index (χ4n) is 2.05. The van der Waals surface area contributed by atoms with Gasteiger partial charge in [-0.15, -0.1) is 12.1 Å². The van der Waals surface area contributed by atoms with E-state index < -0.39 is 0 Å². The van der Waals surface area contributed by atoms with Crippen LogP contribution in [0.4, 0.5) is 0 Å². The van der Waals surface area contributed by atoms with Crippen molar-refractivity contribution in [2.75, 3.05) is 0 Å². The van der Waals surface area contributed by atoms with Crippen LogP contribution < -0.4 is 0 Å². The van der Waals surface area contributed by atoms with Crippen molar-refractivity contribution in [2.45, 2.75) is 20.3 Å². The molecule has 0 radical (unpaired) electrons. The Kier molecular flexibility index (Phi) is 5.93. The van der Waals surface area contributed by atoms with Crippen molar-refractivity contribution in [3.63, 3.8) is 0 Å². The van der Waals surface area contributed by atoms with Gasteiger partial charge in [-0.2, -0.15) is 30.3 Å². The smallest absolute Gasteiger partial charge is 0 e. The molecular weight excluding hydrogens is 442 g/mol. The van der Waals surface area contributed by atoms with E-state index in [0.717, 1.165) is 6.42 Å². The summed E-state index contributed by atoms with van der Waals surface area (Å²) >= 11 is 0. The van der Waals surface area contributed by atoms with E-state index in [1.807, 2.05) is 18.2 Å². The van der Waals surface area contributed by atoms with Gasteiger partial charge in [-0.3, -0.25) is 0 Å². The molecule has 2 rings (SSSR count). The molecule has 0 fully saturated rings. The van der Waals surface area contributed by atoms with Gasteiger partial charge in [-0.25, -0.2) is 0 Å². The second-order valence-electron chi connectivity index (χ2n) is 4.36. The molecule has 0 saturated heterocycles. The van der Waals surface area contributed by atoms with Gasteiger partial charge in [-0.1, -0.05) is 18.2 Å². The fraction of sp³-hybridized carbons (Fsp3) is 0.176. The molecular formula is C17H17U-. The van der Waals surface area contributed by atoms with Gasteiger partial charge in [0.2, 0.25) is 0 Å². The quantitative estimate of drug-likeness (QED) is 0.469. The van der Waals surface area contributed by atoms with Crippen LogP contribution in [0.25, 0.3) is 11.1 Å². The molecule has 0 unspecified atom stereocenters. The van der Waals surface area contributed by atoms with Gasteiger partial charge in [-0.05, 0) is 42.5 Å². The average molecular weight is 459 g/mol. The second-order valence-corrected chi connectivity index (χ2v) is 4.36. The van der Waals surface area contributed by atoms with E-state index in [0.29, 0.717) is 0 Å². The van der Waals surface area contributed by atoms with E-state index in [-0.39, 0.29) is 31.1 Å². The molecule has 1 heteroatoms. The third-order valence-electron chi connectivity index (χ3n) is 3.19. The standard InChI is InChI=1S/C17H17.U/c1-4-8-16-12-17(11-13(2)14(16)3)15-9-6-5-7-10-15;/h4,6-7,9-12H,1,8H2,2-3H3;/q-1;. The maximum absolute atomic E-state index is 3.82. The van der Waals surface area contributed by atoms with Gasteiger partial charge >= 0.3 is 0 Å². The summed E-state index contributed by atoms with van der Waals surface area (Å²) in [5.41, 5.74) is 6.60. The third kappa shape index (κ3) is 3.38. The maximum Gasteiger partial charge on any atom is 0 e. The van der Waals surface area contributed by atoms with Gasteiger partial charge in [0.25, 0.3) is 0 Å². The Morgan fingerprint density at radius 1 is 1.11 bits per heavy atom. The Labute approximate surface area is 134 Å². The first-order valence-corrected chi connectivity index (χ1v) is 5.90. The summed E-state index contributed by atoms with van der Waals surface area (Å²) in [5, 5.41) is 0. The fourth-order valence-corrected chi connectivity index (χ4v) is 2.05. The minimum Gasteiger partial charge on any atom is -0.184 e. The van der Waals surface area contributed by atoms with E-state index in [1.165, 1.54) is 27.8 Å². The zero-order chi connectivity index (χ0) is 12.3. The molecule has 0 N–H and O–H groups in total. The molecule has 2 aromatic carbocycles. The van der Waals surface area contributed by atoms with Crippen LogP contribution in [-0.2, 0) is 6.42 Å². The second kappa shape index (κ2) is 6.98. The van der Waals surface area contributed by atoms with Crippen LogP contribution in [0, 0.1) is 51.0 Å². The van der Waals surface area contributed by atoms with E-state index in [9.17, 15) is 0 Å². The van der Waals surface area contributed by atoms with Crippen molar-refractivity contribution in [3.05, 3.63) is 71.8 Å². The summed E-state index contributed by atoms with van der Waals surface area (Å²) in [4.78, 5) is 0. The van der Waals surface area contributed by atoms with E-state index in [2.05, 4.69) is 50.8 Å². The van der Waals surface area contributed by atoms with E-state index in [4.69, 9.17) is 0 Å². The summed E-state index contributed by atoms with van der Waals surface area (Å²) in [5.74, 6) is 0. The van der Waals surface area contributed by atoms with Crippen LogP contribution in [0.3, 0.4) is 0 Å². The van der Waals surface area contributed by atoms with Gasteiger partial charge in [0.15, 0.2) is 0 Å². The molecule has 0 aliphatic heterocycles. The molecule has 0 aliphatic rings. The third-order valence-corrected chi connectivity index (χ3v) is 3.19. The molecule has 18 heavy (non-hydrogen) atoms. The normalized spacial score (nSPS) is 9.67. The van der Waals surface area contributed by atoms with Crippen molar-refractivity contribution in [1.82, 2.24) is 0 Å². The molecule has 0 saturated carbocycles. The monoisotopic (exact) mass is 459 g/mol. The van der Waals surface area contributed by atoms with Crippen LogP contribution in [0.1, 0.15) is 16.7 Å². The summed E-state index contributed by atoms with van der Waals surface area (Å²) in [6.07, 6.45) is 2.89. The molecule has 0 atom stereocenters. The molecule has 2 aromatic rings. The van der Waals surface area contributed by atoms with Crippen LogP contribution in [0.2, 0.25) is 0 Å². The zero-order valence-corrected chi connectivity index (χ0v) is 15.1. The zero-order valence-electron chi connectivity index (χ0n) is 11.0. The number of hydrogen-bond donors (Lipinski definition) is 0. The van der Waals surface area contributed by atoms with Crippen LogP contribution in [0.15, 0.2) is 49.1 Å². The van der Waals surface area contributed by atoms with Gasteiger partial charge in [0, 0.05) is 31.1 Å². The van der Waals surface area contributed by atoms with Crippen LogP contribution >= 0.6 is 0 Å². The molecule has 0 amide bonds. The van der Waals surface area contributed by atoms with Crippen molar-refractivity contribution < 1.29 is 31.1 Å². The van der Waals surface area contributed by atoms with Crippen molar-refractivity contribution in [1.29, 1.82) is 0 Å². The predicted molar refractivity (Wildman–Crippen MR) is 74.1 cm³/mol. The topological polar surface area (TPSA) is 0 Å². The molecule has 90 valence electrons. The number of allylic oxidation sites excluding steroid dienone is 1. The van der Waals surface area contributed by atoms with Crippen molar-refractivity contribution in [3.8, 4) is 11.1 Å². The average Bonchev–Trinajstić information content (AvgIpc) is 2.36. The Morgan fingerprint density at radius 3 is 2.39 bits per heavy atom. The Bertz CT molecular complexity index is 527. The van der Waals surface area contributed by atoms with Gasteiger partial charge < -0.3 is 0 Å². The van der Waals surface area contributed by atoms with Crippen molar-refractivity contribution >= 4 is 0 Å². The van der Waals surface area contributed by atoms with Gasteiger partial charge in [0.1, 0.15) is 0 Å². The predicted octanol–water partition coefficient (Wildman–Crippen LogP) is 4.50. The number of hydrogen-bond acceptors (Lipinski definition) is 0. The maximum atomic E-state index is 3.82. The Hall–Kier alpha value is -0.768. The summed E-state index contributed by atoms with van der Waals surface area (Å²) in [7, 11) is 0. The summed E-state index contributed by atoms with van der Waals surface area (Å²) < 4.78 is 0. The molecule has 0 bridgehead atoms. The van der Waals surface area contributed by atoms with Crippen LogP contribution in [0.5, 0.6) is 0 Å². The molecule has 0 aromatic heterocycles. The Morgan fingerprint density at radius 2 is 1.78 bits per heavy atom. The largest absolute Gasteiger partial charge is 0.184 e. The first-order valence-electron chi connectivity index (χ1n) is 5.90.